The number of aliphatic carboxylic acids is 1. The van der Waals surface area contributed by atoms with Crippen LogP contribution >= 0.6 is 23.2 Å². The number of benzene rings is 2. The van der Waals surface area contributed by atoms with Crippen LogP contribution in [0.15, 0.2) is 42.1 Å². The summed E-state index contributed by atoms with van der Waals surface area (Å²) in [6.45, 7) is 0. The molecule has 0 fully saturated rings. The number of rotatable bonds is 6. The van der Waals surface area contributed by atoms with Gasteiger partial charge in [0.1, 0.15) is 17.2 Å². The van der Waals surface area contributed by atoms with Crippen LogP contribution in [0.4, 0.5) is 0 Å². The van der Waals surface area contributed by atoms with Crippen molar-refractivity contribution in [1.82, 2.24) is 5.32 Å². The van der Waals surface area contributed by atoms with E-state index in [-0.39, 0.29) is 16.3 Å². The van der Waals surface area contributed by atoms with Crippen molar-refractivity contribution < 1.29 is 24.2 Å². The van der Waals surface area contributed by atoms with Gasteiger partial charge in [-0.1, -0.05) is 23.2 Å². The molecule has 0 bridgehead atoms. The highest BCUT2D eigenvalue weighted by molar-refractivity contribution is 6.36. The molecular formula is C18H15Cl2NO5. The number of carboxylic acid groups (broad SMARTS) is 1. The molecule has 26 heavy (non-hydrogen) atoms. The lowest BCUT2D eigenvalue weighted by Gasteiger charge is -2.10. The zero-order valence-corrected chi connectivity index (χ0v) is 15.4. The van der Waals surface area contributed by atoms with Gasteiger partial charge in [0, 0.05) is 10.6 Å². The molecule has 0 aliphatic rings. The second-order valence-electron chi connectivity index (χ2n) is 5.05. The van der Waals surface area contributed by atoms with Gasteiger partial charge in [-0.25, -0.2) is 4.79 Å². The highest BCUT2D eigenvalue weighted by Gasteiger charge is 2.17. The third-order valence-corrected chi connectivity index (χ3v) is 3.94. The molecule has 0 radical (unpaired) electrons. The molecule has 0 heterocycles. The number of halogens is 2. The van der Waals surface area contributed by atoms with Crippen LogP contribution in [-0.2, 0) is 4.79 Å². The summed E-state index contributed by atoms with van der Waals surface area (Å²) in [6.07, 6.45) is 1.27. The minimum atomic E-state index is -1.33. The lowest BCUT2D eigenvalue weighted by Crippen LogP contribution is -2.27. The van der Waals surface area contributed by atoms with E-state index in [1.165, 1.54) is 38.5 Å². The van der Waals surface area contributed by atoms with Gasteiger partial charge in [-0.15, -0.1) is 0 Å². The summed E-state index contributed by atoms with van der Waals surface area (Å²) in [5, 5.41) is 12.2. The average Bonchev–Trinajstić information content (AvgIpc) is 2.60. The number of hydrogen-bond acceptors (Lipinski definition) is 4. The topological polar surface area (TPSA) is 84.9 Å². The van der Waals surface area contributed by atoms with Crippen molar-refractivity contribution >= 4 is 41.2 Å². The Balaban J connectivity index is 2.39. The smallest absolute Gasteiger partial charge is 0.352 e. The van der Waals surface area contributed by atoms with Gasteiger partial charge in [-0.05, 0) is 42.5 Å². The number of hydrogen-bond donors (Lipinski definition) is 2. The Bertz CT molecular complexity index is 880. The first-order chi connectivity index (χ1) is 12.3. The summed E-state index contributed by atoms with van der Waals surface area (Å²) in [4.78, 5) is 23.9. The normalized spacial score (nSPS) is 11.0. The van der Waals surface area contributed by atoms with Gasteiger partial charge >= 0.3 is 5.97 Å². The van der Waals surface area contributed by atoms with E-state index in [9.17, 15) is 14.7 Å². The van der Waals surface area contributed by atoms with E-state index in [0.717, 1.165) is 0 Å². The number of amides is 1. The van der Waals surface area contributed by atoms with Crippen LogP contribution in [0.1, 0.15) is 15.9 Å². The summed E-state index contributed by atoms with van der Waals surface area (Å²) in [5.41, 5.74) is 0.167. The molecule has 0 aromatic heterocycles. The number of carbonyl (C=O) groups excluding carboxylic acids is 1. The van der Waals surface area contributed by atoms with Crippen LogP contribution in [0.5, 0.6) is 11.5 Å². The fourth-order valence-corrected chi connectivity index (χ4v) is 2.62. The van der Waals surface area contributed by atoms with Crippen molar-refractivity contribution in [2.24, 2.45) is 0 Å². The molecule has 8 heteroatoms. The third-order valence-electron chi connectivity index (χ3n) is 3.39. The summed E-state index contributed by atoms with van der Waals surface area (Å²) in [7, 11) is 2.93. The van der Waals surface area contributed by atoms with Crippen LogP contribution in [-0.4, -0.2) is 31.2 Å². The van der Waals surface area contributed by atoms with Crippen molar-refractivity contribution in [3.63, 3.8) is 0 Å². The van der Waals surface area contributed by atoms with Gasteiger partial charge in [0.2, 0.25) is 0 Å². The maximum Gasteiger partial charge on any atom is 0.352 e. The van der Waals surface area contributed by atoms with E-state index in [1.54, 1.807) is 18.2 Å². The maximum atomic E-state index is 12.4. The molecule has 1 amide bonds. The number of nitrogens with one attached hydrogen (secondary N) is 1. The lowest BCUT2D eigenvalue weighted by molar-refractivity contribution is -0.132. The van der Waals surface area contributed by atoms with Gasteiger partial charge < -0.3 is 19.9 Å². The minimum absolute atomic E-state index is 0.0980. The summed E-state index contributed by atoms with van der Waals surface area (Å²) in [6, 6.07) is 9.17. The molecule has 0 spiro atoms. The Kier molecular flexibility index (Phi) is 6.49. The number of methoxy groups -OCH3 is 2. The predicted molar refractivity (Wildman–Crippen MR) is 99.1 cm³/mol. The summed E-state index contributed by atoms with van der Waals surface area (Å²) >= 11 is 11.8. The van der Waals surface area contributed by atoms with Gasteiger partial charge in [-0.2, -0.15) is 0 Å². The second kappa shape index (κ2) is 8.60. The Morgan fingerprint density at radius 3 is 2.38 bits per heavy atom. The molecule has 0 aliphatic heterocycles. The highest BCUT2D eigenvalue weighted by atomic mass is 35.5. The molecular weight excluding hydrogens is 381 g/mol. The quantitative estimate of drug-likeness (QED) is 0.725. The molecule has 2 N–H and O–H groups in total. The van der Waals surface area contributed by atoms with Crippen molar-refractivity contribution in [2.45, 2.75) is 0 Å². The van der Waals surface area contributed by atoms with E-state index >= 15 is 0 Å². The van der Waals surface area contributed by atoms with Crippen LogP contribution in [0.25, 0.3) is 6.08 Å². The molecule has 2 aromatic carbocycles. The Hall–Kier alpha value is -2.70. The van der Waals surface area contributed by atoms with Gasteiger partial charge in [0.15, 0.2) is 0 Å². The molecule has 0 unspecified atom stereocenters. The number of ether oxygens (including phenoxy) is 2. The van der Waals surface area contributed by atoms with Crippen LogP contribution in [0.3, 0.4) is 0 Å². The van der Waals surface area contributed by atoms with Crippen molar-refractivity contribution in [2.75, 3.05) is 14.2 Å². The van der Waals surface area contributed by atoms with E-state index < -0.39 is 11.9 Å². The third kappa shape index (κ3) is 4.68. The van der Waals surface area contributed by atoms with Crippen molar-refractivity contribution in [3.05, 3.63) is 63.3 Å². The second-order valence-corrected chi connectivity index (χ2v) is 5.89. The Morgan fingerprint density at radius 1 is 1.08 bits per heavy atom. The molecule has 6 nitrogen and oxygen atoms in total. The first kappa shape index (κ1) is 19.6. The van der Waals surface area contributed by atoms with Crippen LogP contribution in [0.2, 0.25) is 10.0 Å². The zero-order valence-electron chi connectivity index (χ0n) is 13.9. The molecule has 0 aliphatic carbocycles. The maximum absolute atomic E-state index is 12.4. The summed E-state index contributed by atoms with van der Waals surface area (Å²) < 4.78 is 10.3. The molecule has 136 valence electrons. The first-order valence-electron chi connectivity index (χ1n) is 7.29. The van der Waals surface area contributed by atoms with E-state index in [2.05, 4.69) is 5.32 Å². The fourth-order valence-electron chi connectivity index (χ4n) is 2.12. The van der Waals surface area contributed by atoms with Gasteiger partial charge in [0.05, 0.1) is 24.8 Å². The fraction of sp³-hybridized carbons (Fsp3) is 0.111. The number of carboxylic acids is 1. The zero-order chi connectivity index (χ0) is 19.3. The van der Waals surface area contributed by atoms with Gasteiger partial charge in [-0.3, -0.25) is 4.79 Å². The first-order valence-corrected chi connectivity index (χ1v) is 8.04. The molecule has 0 saturated carbocycles. The van der Waals surface area contributed by atoms with E-state index in [1.807, 2.05) is 0 Å². The van der Waals surface area contributed by atoms with Crippen molar-refractivity contribution in [3.8, 4) is 11.5 Å². The van der Waals surface area contributed by atoms with Crippen LogP contribution < -0.4 is 14.8 Å². The Labute approximate surface area is 159 Å². The largest absolute Gasteiger partial charge is 0.497 e. The standard InChI is InChI=1S/C18H15Cl2NO5/c1-25-12-4-6-16(26-2)10(7-12)8-15(18(23)24)21-17(22)13-5-3-11(19)9-14(13)20/h3-9H,1-2H3,(H,21,22)(H,23,24)/b15-8-. The lowest BCUT2D eigenvalue weighted by atomic mass is 10.1. The minimum Gasteiger partial charge on any atom is -0.497 e. The SMILES string of the molecule is COc1ccc(OC)c(/C=C(\NC(=O)c2ccc(Cl)cc2Cl)C(=O)O)c1. The highest BCUT2D eigenvalue weighted by Crippen LogP contribution is 2.26. The molecule has 2 aromatic rings. The Morgan fingerprint density at radius 2 is 1.81 bits per heavy atom. The predicted octanol–water partition coefficient (Wildman–Crippen LogP) is 3.87. The monoisotopic (exact) mass is 395 g/mol. The van der Waals surface area contributed by atoms with E-state index in [0.29, 0.717) is 22.1 Å². The average molecular weight is 396 g/mol. The van der Waals surface area contributed by atoms with Crippen molar-refractivity contribution in [1.29, 1.82) is 0 Å². The molecule has 2 rings (SSSR count). The van der Waals surface area contributed by atoms with Gasteiger partial charge in [0.25, 0.3) is 5.91 Å². The molecule has 0 saturated heterocycles. The number of carbonyl (C=O) groups is 2. The van der Waals surface area contributed by atoms with E-state index in [4.69, 9.17) is 32.7 Å². The van der Waals surface area contributed by atoms with Crippen LogP contribution in [0, 0.1) is 0 Å². The molecule has 0 atom stereocenters. The summed E-state index contributed by atoms with van der Waals surface area (Å²) in [5.74, 6) is -1.08.